The molecule has 1 aliphatic rings. The predicted molar refractivity (Wildman–Crippen MR) is 80.5 cm³/mol. The molecule has 0 saturated heterocycles. The minimum absolute atomic E-state index is 0.0641. The number of aliphatic hydroxyl groups is 1. The van der Waals surface area contributed by atoms with Gasteiger partial charge in [0.15, 0.2) is 11.5 Å². The van der Waals surface area contributed by atoms with Gasteiger partial charge in [0, 0.05) is 6.54 Å². The van der Waals surface area contributed by atoms with Crippen molar-refractivity contribution in [1.29, 1.82) is 0 Å². The van der Waals surface area contributed by atoms with Crippen molar-refractivity contribution in [2.24, 2.45) is 0 Å². The fourth-order valence-corrected chi connectivity index (χ4v) is 2.41. The second-order valence-corrected chi connectivity index (χ2v) is 5.00. The molecule has 1 aliphatic heterocycles. The van der Waals surface area contributed by atoms with Crippen LogP contribution in [0.1, 0.15) is 17.2 Å². The predicted octanol–water partition coefficient (Wildman–Crippen LogP) is 2.28. The average Bonchev–Trinajstić information content (AvgIpc) is 2.56. The molecule has 0 radical (unpaired) electrons. The Hall–Kier alpha value is -2.04. The maximum absolute atomic E-state index is 9.54. The maximum Gasteiger partial charge on any atom is 0.161 e. The van der Waals surface area contributed by atoms with Gasteiger partial charge in [-0.2, -0.15) is 0 Å². The molecule has 110 valence electrons. The third-order valence-corrected chi connectivity index (χ3v) is 3.54. The van der Waals surface area contributed by atoms with Gasteiger partial charge in [-0.05, 0) is 23.3 Å². The number of hydrogen-bond acceptors (Lipinski definition) is 4. The normalized spacial score (nSPS) is 14.7. The van der Waals surface area contributed by atoms with E-state index in [9.17, 15) is 5.11 Å². The SMILES string of the molecule is OC[C@H](NCc1ccc2c(c1)OCCO2)c1ccccc1. The van der Waals surface area contributed by atoms with Gasteiger partial charge in [-0.3, -0.25) is 0 Å². The van der Waals surface area contributed by atoms with Crippen LogP contribution in [0.15, 0.2) is 48.5 Å². The summed E-state index contributed by atoms with van der Waals surface area (Å²) in [7, 11) is 0. The fraction of sp³-hybridized carbons (Fsp3) is 0.294. The summed E-state index contributed by atoms with van der Waals surface area (Å²) in [6, 6.07) is 15.8. The lowest BCUT2D eigenvalue weighted by Crippen LogP contribution is -2.24. The summed E-state index contributed by atoms with van der Waals surface area (Å²) in [5.41, 5.74) is 2.19. The molecular weight excluding hydrogens is 266 g/mol. The van der Waals surface area contributed by atoms with Gasteiger partial charge >= 0.3 is 0 Å². The van der Waals surface area contributed by atoms with Crippen LogP contribution in [0.5, 0.6) is 11.5 Å². The number of ether oxygens (including phenoxy) is 2. The van der Waals surface area contributed by atoms with E-state index in [1.807, 2.05) is 48.5 Å². The fourth-order valence-electron chi connectivity index (χ4n) is 2.41. The van der Waals surface area contributed by atoms with Crippen LogP contribution < -0.4 is 14.8 Å². The molecule has 0 unspecified atom stereocenters. The maximum atomic E-state index is 9.54. The van der Waals surface area contributed by atoms with Crippen LogP contribution in [0.2, 0.25) is 0 Å². The third-order valence-electron chi connectivity index (χ3n) is 3.54. The Balaban J connectivity index is 1.66. The van der Waals surface area contributed by atoms with Crippen LogP contribution >= 0.6 is 0 Å². The summed E-state index contributed by atoms with van der Waals surface area (Å²) >= 11 is 0. The first-order chi connectivity index (χ1) is 10.4. The molecular formula is C17H19NO3. The van der Waals surface area contributed by atoms with Gasteiger partial charge in [0.2, 0.25) is 0 Å². The Bertz CT molecular complexity index is 586. The van der Waals surface area contributed by atoms with Crippen LogP contribution in [-0.2, 0) is 6.54 Å². The third kappa shape index (κ3) is 3.35. The van der Waals surface area contributed by atoms with Crippen molar-refractivity contribution in [2.45, 2.75) is 12.6 Å². The number of fused-ring (bicyclic) bond motifs is 1. The second-order valence-electron chi connectivity index (χ2n) is 5.00. The molecule has 21 heavy (non-hydrogen) atoms. The second kappa shape index (κ2) is 6.61. The molecule has 1 heterocycles. The van der Waals surface area contributed by atoms with E-state index in [0.29, 0.717) is 19.8 Å². The first kappa shape index (κ1) is 13.9. The Morgan fingerprint density at radius 2 is 1.76 bits per heavy atom. The van der Waals surface area contributed by atoms with Crippen molar-refractivity contribution >= 4 is 0 Å². The topological polar surface area (TPSA) is 50.7 Å². The van der Waals surface area contributed by atoms with Crippen molar-refractivity contribution in [2.75, 3.05) is 19.8 Å². The van der Waals surface area contributed by atoms with E-state index in [4.69, 9.17) is 9.47 Å². The molecule has 0 amide bonds. The van der Waals surface area contributed by atoms with Crippen LogP contribution in [0.4, 0.5) is 0 Å². The number of rotatable bonds is 5. The van der Waals surface area contributed by atoms with Gasteiger partial charge in [-0.1, -0.05) is 36.4 Å². The lowest BCUT2D eigenvalue weighted by molar-refractivity contribution is 0.171. The molecule has 2 aromatic carbocycles. The van der Waals surface area contributed by atoms with E-state index in [0.717, 1.165) is 22.6 Å². The van der Waals surface area contributed by atoms with E-state index < -0.39 is 0 Å². The van der Waals surface area contributed by atoms with Gasteiger partial charge in [0.05, 0.1) is 12.6 Å². The highest BCUT2D eigenvalue weighted by Gasteiger charge is 2.13. The van der Waals surface area contributed by atoms with Crippen LogP contribution in [0.25, 0.3) is 0 Å². The highest BCUT2D eigenvalue weighted by molar-refractivity contribution is 5.43. The van der Waals surface area contributed by atoms with Gasteiger partial charge in [-0.25, -0.2) is 0 Å². The summed E-state index contributed by atoms with van der Waals surface area (Å²) in [5, 5.41) is 12.9. The van der Waals surface area contributed by atoms with E-state index in [-0.39, 0.29) is 12.6 Å². The van der Waals surface area contributed by atoms with Crippen LogP contribution in [0.3, 0.4) is 0 Å². The van der Waals surface area contributed by atoms with E-state index in [2.05, 4.69) is 5.32 Å². The molecule has 4 nitrogen and oxygen atoms in total. The molecule has 0 bridgehead atoms. The van der Waals surface area contributed by atoms with Gasteiger partial charge in [0.25, 0.3) is 0 Å². The first-order valence-corrected chi connectivity index (χ1v) is 7.14. The van der Waals surface area contributed by atoms with Gasteiger partial charge in [0.1, 0.15) is 13.2 Å². The molecule has 0 aliphatic carbocycles. The summed E-state index contributed by atoms with van der Waals surface area (Å²) in [5.74, 6) is 1.59. The zero-order valence-corrected chi connectivity index (χ0v) is 11.8. The Morgan fingerprint density at radius 3 is 2.52 bits per heavy atom. The zero-order chi connectivity index (χ0) is 14.5. The number of benzene rings is 2. The molecule has 1 atom stereocenters. The molecule has 4 heteroatoms. The quantitative estimate of drug-likeness (QED) is 0.885. The van der Waals surface area contributed by atoms with Crippen molar-refractivity contribution < 1.29 is 14.6 Å². The first-order valence-electron chi connectivity index (χ1n) is 7.14. The standard InChI is InChI=1S/C17H19NO3/c19-12-15(14-4-2-1-3-5-14)18-11-13-6-7-16-17(10-13)21-9-8-20-16/h1-7,10,15,18-19H,8-9,11-12H2/t15-/m0/s1. The molecule has 0 saturated carbocycles. The number of nitrogens with one attached hydrogen (secondary N) is 1. The van der Waals surface area contributed by atoms with Crippen molar-refractivity contribution in [3.63, 3.8) is 0 Å². The van der Waals surface area contributed by atoms with Gasteiger partial charge in [-0.15, -0.1) is 0 Å². The van der Waals surface area contributed by atoms with E-state index >= 15 is 0 Å². The highest BCUT2D eigenvalue weighted by Crippen LogP contribution is 2.30. The molecule has 0 fully saturated rings. The molecule has 2 aromatic rings. The van der Waals surface area contributed by atoms with E-state index in [1.165, 1.54) is 0 Å². The van der Waals surface area contributed by atoms with Crippen molar-refractivity contribution in [3.8, 4) is 11.5 Å². The summed E-state index contributed by atoms with van der Waals surface area (Å²) in [6.45, 7) is 1.92. The summed E-state index contributed by atoms with van der Waals surface area (Å²) in [4.78, 5) is 0. The lowest BCUT2D eigenvalue weighted by Gasteiger charge is -2.20. The van der Waals surface area contributed by atoms with Crippen LogP contribution in [-0.4, -0.2) is 24.9 Å². The summed E-state index contributed by atoms with van der Waals surface area (Å²) < 4.78 is 11.1. The monoisotopic (exact) mass is 285 g/mol. The van der Waals surface area contributed by atoms with Crippen molar-refractivity contribution in [3.05, 3.63) is 59.7 Å². The lowest BCUT2D eigenvalue weighted by atomic mass is 10.1. The molecule has 0 spiro atoms. The minimum atomic E-state index is -0.0700. The van der Waals surface area contributed by atoms with E-state index in [1.54, 1.807) is 0 Å². The van der Waals surface area contributed by atoms with Crippen molar-refractivity contribution in [1.82, 2.24) is 5.32 Å². The Kier molecular flexibility index (Phi) is 4.38. The van der Waals surface area contributed by atoms with Crippen LogP contribution in [0, 0.1) is 0 Å². The zero-order valence-electron chi connectivity index (χ0n) is 11.8. The smallest absolute Gasteiger partial charge is 0.161 e. The highest BCUT2D eigenvalue weighted by atomic mass is 16.6. The Labute approximate surface area is 124 Å². The number of hydrogen-bond donors (Lipinski definition) is 2. The Morgan fingerprint density at radius 1 is 1.00 bits per heavy atom. The minimum Gasteiger partial charge on any atom is -0.486 e. The average molecular weight is 285 g/mol. The molecule has 3 rings (SSSR count). The molecule has 0 aromatic heterocycles. The molecule has 2 N–H and O–H groups in total. The van der Waals surface area contributed by atoms with Gasteiger partial charge < -0.3 is 19.9 Å². The largest absolute Gasteiger partial charge is 0.486 e. The number of aliphatic hydroxyl groups excluding tert-OH is 1. The summed E-state index contributed by atoms with van der Waals surface area (Å²) in [6.07, 6.45) is 0.